The quantitative estimate of drug-likeness (QED) is 0.834. The van der Waals surface area contributed by atoms with Crippen molar-refractivity contribution in [3.8, 4) is 11.5 Å². The molecule has 1 amide bonds. The van der Waals surface area contributed by atoms with Gasteiger partial charge in [-0.3, -0.25) is 9.59 Å². The summed E-state index contributed by atoms with van der Waals surface area (Å²) in [5.74, 6) is -0.619. The molecule has 0 spiro atoms. The van der Waals surface area contributed by atoms with Gasteiger partial charge >= 0.3 is 5.97 Å². The Kier molecular flexibility index (Phi) is 5.41. The fraction of sp³-hybridized carbons (Fsp3) is 0.389. The van der Waals surface area contributed by atoms with Gasteiger partial charge in [-0.1, -0.05) is 0 Å². The van der Waals surface area contributed by atoms with Crippen LogP contribution in [0.2, 0.25) is 0 Å². The summed E-state index contributed by atoms with van der Waals surface area (Å²) in [5, 5.41) is 11.1. The Balaban J connectivity index is 1.74. The SMILES string of the molecule is COc1cc(C(=O)N2CCC(C(=O)O)C2C)ccc1OCc1cscn1. The highest BCUT2D eigenvalue weighted by atomic mass is 32.1. The maximum atomic E-state index is 12.8. The first-order valence-electron chi connectivity index (χ1n) is 8.23. The van der Waals surface area contributed by atoms with E-state index in [1.807, 2.05) is 5.38 Å². The van der Waals surface area contributed by atoms with Gasteiger partial charge in [0, 0.05) is 23.5 Å². The third kappa shape index (κ3) is 3.65. The van der Waals surface area contributed by atoms with E-state index in [9.17, 15) is 14.7 Å². The number of carbonyl (C=O) groups excluding carboxylic acids is 1. The molecule has 26 heavy (non-hydrogen) atoms. The highest BCUT2D eigenvalue weighted by molar-refractivity contribution is 7.07. The van der Waals surface area contributed by atoms with Crippen LogP contribution in [-0.2, 0) is 11.4 Å². The minimum absolute atomic E-state index is 0.203. The van der Waals surface area contributed by atoms with E-state index in [2.05, 4.69) is 4.98 Å². The molecule has 1 fully saturated rings. The number of methoxy groups -OCH3 is 1. The van der Waals surface area contributed by atoms with Crippen molar-refractivity contribution in [3.05, 3.63) is 40.3 Å². The number of carbonyl (C=O) groups is 2. The number of hydrogen-bond acceptors (Lipinski definition) is 6. The van der Waals surface area contributed by atoms with E-state index in [0.29, 0.717) is 36.6 Å². The van der Waals surface area contributed by atoms with E-state index in [0.717, 1.165) is 5.69 Å². The molecule has 8 heteroatoms. The van der Waals surface area contributed by atoms with Crippen molar-refractivity contribution in [1.29, 1.82) is 0 Å². The molecule has 3 rings (SSSR count). The van der Waals surface area contributed by atoms with Crippen LogP contribution in [0.1, 0.15) is 29.4 Å². The summed E-state index contributed by atoms with van der Waals surface area (Å²) in [5.41, 5.74) is 3.00. The first-order chi connectivity index (χ1) is 12.5. The van der Waals surface area contributed by atoms with Crippen molar-refractivity contribution in [2.75, 3.05) is 13.7 Å². The fourth-order valence-electron chi connectivity index (χ4n) is 3.10. The van der Waals surface area contributed by atoms with Gasteiger partial charge in [-0.05, 0) is 31.5 Å². The lowest BCUT2D eigenvalue weighted by Gasteiger charge is -2.23. The first kappa shape index (κ1) is 18.2. The van der Waals surface area contributed by atoms with Crippen molar-refractivity contribution < 1.29 is 24.2 Å². The lowest BCUT2D eigenvalue weighted by Crippen LogP contribution is -2.37. The number of hydrogen-bond donors (Lipinski definition) is 1. The predicted molar refractivity (Wildman–Crippen MR) is 95.7 cm³/mol. The number of aromatic nitrogens is 1. The lowest BCUT2D eigenvalue weighted by molar-refractivity contribution is -0.142. The van der Waals surface area contributed by atoms with Crippen LogP contribution >= 0.6 is 11.3 Å². The molecule has 2 heterocycles. The molecule has 1 N–H and O–H groups in total. The minimum Gasteiger partial charge on any atom is -0.493 e. The van der Waals surface area contributed by atoms with Crippen molar-refractivity contribution >= 4 is 23.2 Å². The van der Waals surface area contributed by atoms with Crippen LogP contribution in [0.25, 0.3) is 0 Å². The maximum absolute atomic E-state index is 12.8. The smallest absolute Gasteiger partial charge is 0.308 e. The van der Waals surface area contributed by atoms with Gasteiger partial charge < -0.3 is 19.5 Å². The van der Waals surface area contributed by atoms with Gasteiger partial charge in [-0.2, -0.15) is 0 Å². The molecule has 138 valence electrons. The summed E-state index contributed by atoms with van der Waals surface area (Å²) < 4.78 is 11.1. The molecular formula is C18H20N2O5S. The van der Waals surface area contributed by atoms with E-state index in [1.54, 1.807) is 35.5 Å². The van der Waals surface area contributed by atoms with Crippen LogP contribution in [0, 0.1) is 5.92 Å². The molecule has 1 aliphatic rings. The van der Waals surface area contributed by atoms with Crippen LogP contribution in [0.4, 0.5) is 0 Å². The number of benzene rings is 1. The van der Waals surface area contributed by atoms with Gasteiger partial charge in [0.05, 0.1) is 24.2 Å². The van der Waals surface area contributed by atoms with Crippen molar-refractivity contribution in [2.24, 2.45) is 5.92 Å². The van der Waals surface area contributed by atoms with Crippen molar-refractivity contribution in [3.63, 3.8) is 0 Å². The number of amides is 1. The molecule has 0 saturated carbocycles. The van der Waals surface area contributed by atoms with Crippen molar-refractivity contribution in [1.82, 2.24) is 9.88 Å². The average Bonchev–Trinajstić information content (AvgIpc) is 3.28. The van der Waals surface area contributed by atoms with Gasteiger partial charge in [0.25, 0.3) is 5.91 Å². The molecular weight excluding hydrogens is 356 g/mol. The Morgan fingerprint density at radius 1 is 1.38 bits per heavy atom. The summed E-state index contributed by atoms with van der Waals surface area (Å²) in [4.78, 5) is 29.8. The van der Waals surface area contributed by atoms with Crippen LogP contribution in [0.5, 0.6) is 11.5 Å². The molecule has 2 aromatic rings. The second kappa shape index (κ2) is 7.74. The Bertz CT molecular complexity index is 793. The standard InChI is InChI=1S/C18H20N2O5S/c1-11-14(18(22)23)5-6-20(11)17(21)12-3-4-15(16(7-12)24-2)25-8-13-9-26-10-19-13/h3-4,7,9-11,14H,5-6,8H2,1-2H3,(H,22,23). The number of carboxylic acids is 1. The van der Waals surface area contributed by atoms with Gasteiger partial charge in [0.1, 0.15) is 6.61 Å². The summed E-state index contributed by atoms with van der Waals surface area (Å²) >= 11 is 1.49. The van der Waals surface area contributed by atoms with Crippen LogP contribution in [-0.4, -0.2) is 46.6 Å². The number of aliphatic carboxylic acids is 1. The molecule has 2 atom stereocenters. The Hall–Kier alpha value is -2.61. The van der Waals surface area contributed by atoms with Gasteiger partial charge in [-0.15, -0.1) is 11.3 Å². The Labute approximate surface area is 155 Å². The van der Waals surface area contributed by atoms with E-state index >= 15 is 0 Å². The summed E-state index contributed by atoms with van der Waals surface area (Å²) in [6.07, 6.45) is 0.466. The third-order valence-corrected chi connectivity index (χ3v) is 5.24. The molecule has 2 unspecified atom stereocenters. The van der Waals surface area contributed by atoms with Crippen LogP contribution in [0.3, 0.4) is 0 Å². The van der Waals surface area contributed by atoms with Crippen LogP contribution in [0.15, 0.2) is 29.1 Å². The van der Waals surface area contributed by atoms with Crippen LogP contribution < -0.4 is 9.47 Å². The number of ether oxygens (including phenoxy) is 2. The minimum atomic E-state index is -0.865. The number of thiazole rings is 1. The second-order valence-electron chi connectivity index (χ2n) is 6.11. The summed E-state index contributed by atoms with van der Waals surface area (Å²) in [6.45, 7) is 2.52. The fourth-order valence-corrected chi connectivity index (χ4v) is 3.65. The summed E-state index contributed by atoms with van der Waals surface area (Å²) in [6, 6.07) is 4.64. The largest absolute Gasteiger partial charge is 0.493 e. The summed E-state index contributed by atoms with van der Waals surface area (Å²) in [7, 11) is 1.51. The molecule has 1 aromatic carbocycles. The number of carboxylic acid groups (broad SMARTS) is 1. The van der Waals surface area contributed by atoms with E-state index in [1.165, 1.54) is 18.4 Å². The molecule has 0 bridgehead atoms. The maximum Gasteiger partial charge on any atom is 0.308 e. The number of rotatable bonds is 6. The highest BCUT2D eigenvalue weighted by Crippen LogP contribution is 2.31. The zero-order valence-corrected chi connectivity index (χ0v) is 15.4. The number of likely N-dealkylation sites (tertiary alicyclic amines) is 1. The number of nitrogens with zero attached hydrogens (tertiary/aromatic N) is 2. The molecule has 0 aliphatic carbocycles. The topological polar surface area (TPSA) is 89.0 Å². The predicted octanol–water partition coefficient (Wildman–Crippen LogP) is 2.67. The Morgan fingerprint density at radius 3 is 2.81 bits per heavy atom. The third-order valence-electron chi connectivity index (χ3n) is 4.60. The average molecular weight is 376 g/mol. The van der Waals surface area contributed by atoms with Gasteiger partial charge in [-0.25, -0.2) is 4.98 Å². The normalized spacial score (nSPS) is 19.4. The molecule has 1 aliphatic heterocycles. The van der Waals surface area contributed by atoms with E-state index in [-0.39, 0.29) is 11.9 Å². The van der Waals surface area contributed by atoms with E-state index < -0.39 is 11.9 Å². The van der Waals surface area contributed by atoms with Gasteiger partial charge in [0.15, 0.2) is 11.5 Å². The zero-order valence-electron chi connectivity index (χ0n) is 14.5. The molecule has 1 saturated heterocycles. The monoisotopic (exact) mass is 376 g/mol. The van der Waals surface area contributed by atoms with Crippen molar-refractivity contribution in [2.45, 2.75) is 26.0 Å². The van der Waals surface area contributed by atoms with E-state index in [4.69, 9.17) is 9.47 Å². The molecule has 1 aromatic heterocycles. The van der Waals surface area contributed by atoms with Gasteiger partial charge in [0.2, 0.25) is 0 Å². The highest BCUT2D eigenvalue weighted by Gasteiger charge is 2.38. The Morgan fingerprint density at radius 2 is 2.19 bits per heavy atom. The second-order valence-corrected chi connectivity index (χ2v) is 6.83. The molecule has 0 radical (unpaired) electrons. The lowest BCUT2D eigenvalue weighted by atomic mass is 10.0. The zero-order chi connectivity index (χ0) is 18.7. The molecule has 7 nitrogen and oxygen atoms in total. The first-order valence-corrected chi connectivity index (χ1v) is 9.17.